The molecule has 0 spiro atoms. The van der Waals surface area contributed by atoms with Gasteiger partial charge in [-0.15, -0.1) is 11.3 Å². The number of nitrogens with one attached hydrogen (secondary N) is 2. The summed E-state index contributed by atoms with van der Waals surface area (Å²) in [6.07, 6.45) is 0.964. The smallest absolute Gasteiger partial charge is 0.262 e. The van der Waals surface area contributed by atoms with E-state index in [0.29, 0.717) is 17.0 Å². The minimum Gasteiger partial charge on any atom is -0.494 e. The van der Waals surface area contributed by atoms with Gasteiger partial charge in [-0.2, -0.15) is 0 Å². The van der Waals surface area contributed by atoms with E-state index < -0.39 is 6.04 Å². The van der Waals surface area contributed by atoms with Gasteiger partial charge < -0.3 is 20.1 Å². The predicted molar refractivity (Wildman–Crippen MR) is 124 cm³/mol. The van der Waals surface area contributed by atoms with E-state index in [9.17, 15) is 9.59 Å². The second-order valence-corrected chi connectivity index (χ2v) is 8.59. The fraction of sp³-hybridized carbons (Fsp3) is 0.280. The number of thiophene rings is 1. The Bertz CT molecular complexity index is 1080. The zero-order valence-corrected chi connectivity index (χ0v) is 18.9. The molecule has 2 heterocycles. The summed E-state index contributed by atoms with van der Waals surface area (Å²) in [6, 6.07) is 15.9. The lowest BCUT2D eigenvalue weighted by Crippen LogP contribution is -2.40. The largest absolute Gasteiger partial charge is 0.494 e. The molecular weight excluding hydrogens is 424 g/mol. The monoisotopic (exact) mass is 450 g/mol. The van der Waals surface area contributed by atoms with Crippen LogP contribution in [0, 0.1) is 0 Å². The standard InChI is InChI=1S/C25H26N2O4S/c1-3-30-20-13-18-12-16(2)31-21(18)14-19(20)15-26-25(29)23(17-8-5-4-6-9-17)27-24(28)22-10-7-11-32-22/h4-11,13-14,16,23H,3,12,15H2,1-2H3,(H,26,29)(H,27,28). The number of hydrogen-bond acceptors (Lipinski definition) is 5. The molecule has 1 aliphatic heterocycles. The number of rotatable bonds is 8. The van der Waals surface area contributed by atoms with Crippen LogP contribution in [0.2, 0.25) is 0 Å². The van der Waals surface area contributed by atoms with Gasteiger partial charge >= 0.3 is 0 Å². The van der Waals surface area contributed by atoms with Gasteiger partial charge in [-0.05, 0) is 43.0 Å². The van der Waals surface area contributed by atoms with E-state index in [4.69, 9.17) is 9.47 Å². The molecule has 0 aliphatic carbocycles. The summed E-state index contributed by atoms with van der Waals surface area (Å²) in [7, 11) is 0. The van der Waals surface area contributed by atoms with Crippen molar-refractivity contribution in [3.63, 3.8) is 0 Å². The number of benzene rings is 2. The summed E-state index contributed by atoms with van der Waals surface area (Å²) >= 11 is 1.33. The zero-order chi connectivity index (χ0) is 22.5. The lowest BCUT2D eigenvalue weighted by atomic mass is 10.0. The van der Waals surface area contributed by atoms with Crippen molar-refractivity contribution in [1.82, 2.24) is 10.6 Å². The highest BCUT2D eigenvalue weighted by Gasteiger charge is 2.25. The van der Waals surface area contributed by atoms with E-state index >= 15 is 0 Å². The van der Waals surface area contributed by atoms with E-state index in [2.05, 4.69) is 10.6 Å². The molecule has 1 aromatic heterocycles. The van der Waals surface area contributed by atoms with Crippen LogP contribution in [-0.4, -0.2) is 24.5 Å². The number of fused-ring (bicyclic) bond motifs is 1. The normalized spacial score (nSPS) is 15.4. The van der Waals surface area contributed by atoms with Crippen LogP contribution >= 0.6 is 11.3 Å². The van der Waals surface area contributed by atoms with Crippen molar-refractivity contribution in [1.29, 1.82) is 0 Å². The summed E-state index contributed by atoms with van der Waals surface area (Å²) in [6.45, 7) is 4.75. The second-order valence-electron chi connectivity index (χ2n) is 7.65. The summed E-state index contributed by atoms with van der Waals surface area (Å²) in [5.41, 5.74) is 2.66. The fourth-order valence-corrected chi connectivity index (χ4v) is 4.38. The molecule has 7 heteroatoms. The Morgan fingerprint density at radius 1 is 1.19 bits per heavy atom. The Balaban J connectivity index is 1.52. The molecule has 2 aromatic carbocycles. The van der Waals surface area contributed by atoms with E-state index in [1.54, 1.807) is 6.07 Å². The third kappa shape index (κ3) is 4.94. The van der Waals surface area contributed by atoms with Crippen LogP contribution in [0.3, 0.4) is 0 Å². The van der Waals surface area contributed by atoms with Crippen molar-refractivity contribution in [3.8, 4) is 11.5 Å². The van der Waals surface area contributed by atoms with Gasteiger partial charge in [0.25, 0.3) is 5.91 Å². The minimum atomic E-state index is -0.813. The first-order chi connectivity index (χ1) is 15.5. The number of ether oxygens (including phenoxy) is 2. The molecule has 0 fully saturated rings. The lowest BCUT2D eigenvalue weighted by Gasteiger charge is -2.19. The van der Waals surface area contributed by atoms with E-state index in [-0.39, 0.29) is 24.5 Å². The van der Waals surface area contributed by atoms with Crippen LogP contribution in [0.1, 0.15) is 46.3 Å². The van der Waals surface area contributed by atoms with Crippen molar-refractivity contribution in [2.45, 2.75) is 39.0 Å². The SMILES string of the molecule is CCOc1cc2c(cc1CNC(=O)C(NC(=O)c1cccs1)c1ccccc1)OC(C)C2. The third-order valence-electron chi connectivity index (χ3n) is 5.25. The molecular formula is C25H26N2O4S. The Kier molecular flexibility index (Phi) is 6.75. The highest BCUT2D eigenvalue weighted by atomic mass is 32.1. The lowest BCUT2D eigenvalue weighted by molar-refractivity contribution is -0.123. The Morgan fingerprint density at radius 3 is 2.72 bits per heavy atom. The highest BCUT2D eigenvalue weighted by Crippen LogP contribution is 2.35. The van der Waals surface area contributed by atoms with Crippen molar-refractivity contribution < 1.29 is 19.1 Å². The summed E-state index contributed by atoms with van der Waals surface area (Å²) < 4.78 is 11.7. The van der Waals surface area contributed by atoms with Crippen LogP contribution < -0.4 is 20.1 Å². The average Bonchev–Trinajstić information content (AvgIpc) is 3.45. The molecule has 2 amide bonds. The van der Waals surface area contributed by atoms with Crippen LogP contribution in [0.25, 0.3) is 0 Å². The van der Waals surface area contributed by atoms with Crippen molar-refractivity contribution >= 4 is 23.2 Å². The summed E-state index contributed by atoms with van der Waals surface area (Å²) in [5.74, 6) is 0.996. The molecule has 0 saturated carbocycles. The molecule has 2 atom stereocenters. The van der Waals surface area contributed by atoms with Gasteiger partial charge in [0.2, 0.25) is 5.91 Å². The Morgan fingerprint density at radius 2 is 2.00 bits per heavy atom. The van der Waals surface area contributed by atoms with Gasteiger partial charge in [-0.1, -0.05) is 36.4 Å². The van der Waals surface area contributed by atoms with Gasteiger partial charge in [0.05, 0.1) is 11.5 Å². The average molecular weight is 451 g/mol. The molecule has 1 aliphatic rings. The highest BCUT2D eigenvalue weighted by molar-refractivity contribution is 7.12. The first-order valence-electron chi connectivity index (χ1n) is 10.7. The zero-order valence-electron chi connectivity index (χ0n) is 18.1. The predicted octanol–water partition coefficient (Wildman–Crippen LogP) is 4.26. The first kappa shape index (κ1) is 21.9. The molecule has 0 saturated heterocycles. The van der Waals surface area contributed by atoms with Crippen molar-refractivity contribution in [2.75, 3.05) is 6.61 Å². The Hall–Kier alpha value is -3.32. The molecule has 4 rings (SSSR count). The molecule has 32 heavy (non-hydrogen) atoms. The van der Waals surface area contributed by atoms with Crippen molar-refractivity contribution in [2.24, 2.45) is 0 Å². The summed E-state index contributed by atoms with van der Waals surface area (Å²) in [4.78, 5) is 26.4. The van der Waals surface area contributed by atoms with Gasteiger partial charge in [0.15, 0.2) is 0 Å². The van der Waals surface area contributed by atoms with E-state index in [0.717, 1.165) is 29.0 Å². The molecule has 2 unspecified atom stereocenters. The number of amides is 2. The number of carbonyl (C=O) groups excluding carboxylic acids is 2. The van der Waals surface area contributed by atoms with Gasteiger partial charge in [-0.3, -0.25) is 9.59 Å². The molecule has 3 aromatic rings. The van der Waals surface area contributed by atoms with Gasteiger partial charge in [0, 0.05) is 24.1 Å². The molecule has 2 N–H and O–H groups in total. The van der Waals surface area contributed by atoms with E-state index in [1.165, 1.54) is 11.3 Å². The molecule has 0 bridgehead atoms. The minimum absolute atomic E-state index is 0.124. The number of carbonyl (C=O) groups is 2. The first-order valence-corrected chi connectivity index (χ1v) is 11.6. The van der Waals surface area contributed by atoms with Crippen LogP contribution in [0.4, 0.5) is 0 Å². The maximum Gasteiger partial charge on any atom is 0.262 e. The maximum atomic E-state index is 13.2. The summed E-state index contributed by atoms with van der Waals surface area (Å²) in [5, 5.41) is 7.66. The Labute approximate surface area is 191 Å². The molecule has 6 nitrogen and oxygen atoms in total. The molecule has 0 radical (unpaired) electrons. The topological polar surface area (TPSA) is 76.7 Å². The van der Waals surface area contributed by atoms with Crippen LogP contribution in [-0.2, 0) is 17.8 Å². The van der Waals surface area contributed by atoms with E-state index in [1.807, 2.05) is 67.8 Å². The second kappa shape index (κ2) is 9.87. The van der Waals surface area contributed by atoms with Gasteiger partial charge in [0.1, 0.15) is 23.6 Å². The van der Waals surface area contributed by atoms with Crippen LogP contribution in [0.15, 0.2) is 60.0 Å². The maximum absolute atomic E-state index is 13.2. The van der Waals surface area contributed by atoms with Crippen LogP contribution in [0.5, 0.6) is 11.5 Å². The third-order valence-corrected chi connectivity index (χ3v) is 6.12. The van der Waals surface area contributed by atoms with Gasteiger partial charge in [-0.25, -0.2) is 0 Å². The fourth-order valence-electron chi connectivity index (χ4n) is 3.75. The van der Waals surface area contributed by atoms with Crippen molar-refractivity contribution in [3.05, 3.63) is 81.5 Å². The quantitative estimate of drug-likeness (QED) is 0.538. The number of hydrogen-bond donors (Lipinski definition) is 2. The molecule has 166 valence electrons.